The second-order valence-electron chi connectivity index (χ2n) is 21.0. The fourth-order valence-electron chi connectivity index (χ4n) is 10.5. The molecule has 0 heterocycles. The van der Waals surface area contributed by atoms with Crippen molar-refractivity contribution in [2.24, 2.45) is 0 Å². The molecule has 4 heteroatoms. The predicted octanol–water partition coefficient (Wildman–Crippen LogP) is 18.7. The highest BCUT2D eigenvalue weighted by molar-refractivity contribution is 6.89. The van der Waals surface area contributed by atoms with Gasteiger partial charge >= 0.3 is 0 Å². The van der Waals surface area contributed by atoms with Crippen LogP contribution >= 0.6 is 0 Å². The van der Waals surface area contributed by atoms with Crippen LogP contribution in [0, 0.1) is 0 Å². The molecule has 11 aromatic rings. The van der Waals surface area contributed by atoms with Crippen molar-refractivity contribution in [2.75, 3.05) is 9.80 Å². The predicted molar refractivity (Wildman–Crippen MR) is 319 cm³/mol. The van der Waals surface area contributed by atoms with Crippen LogP contribution in [0.5, 0.6) is 0 Å². The summed E-state index contributed by atoms with van der Waals surface area (Å²) in [6.07, 6.45) is 0. The first kappa shape index (κ1) is 46.4. The molecule has 0 atom stereocenters. The van der Waals surface area contributed by atoms with Gasteiger partial charge in [-0.25, -0.2) is 0 Å². The SMILES string of the molecule is C[Si](C)(C)c1ccc(N(c2ccccc2)c2ccc3c(-c4ccccc4-c4ccccc4)c4cc(N(c5ccccc5)c5ccc([Si](C)(C)C)cc5)ccc4c(-c4ccccc4-c4ccccc4)c3c2)cc1. The molecule has 0 saturated heterocycles. The Bertz CT molecular complexity index is 3430. The summed E-state index contributed by atoms with van der Waals surface area (Å²) < 4.78 is 0. The van der Waals surface area contributed by atoms with Gasteiger partial charge in [-0.3, -0.25) is 0 Å². The Morgan fingerprint density at radius 2 is 0.514 bits per heavy atom. The number of hydrogen-bond acceptors (Lipinski definition) is 2. The molecule has 0 amide bonds. The van der Waals surface area contributed by atoms with Gasteiger partial charge in [-0.05, 0) is 139 Å². The molecule has 0 saturated carbocycles. The first-order chi connectivity index (χ1) is 35.0. The minimum atomic E-state index is -1.54. The molecule has 11 aromatic carbocycles. The molecule has 0 aliphatic heterocycles. The maximum Gasteiger partial charge on any atom is 0.0775 e. The molecule has 0 aliphatic carbocycles. The Hall–Kier alpha value is -8.03. The van der Waals surface area contributed by atoms with E-state index in [1.54, 1.807) is 0 Å². The van der Waals surface area contributed by atoms with Crippen molar-refractivity contribution in [1.82, 2.24) is 0 Å². The van der Waals surface area contributed by atoms with Crippen LogP contribution in [0.2, 0.25) is 39.3 Å². The highest BCUT2D eigenvalue weighted by Crippen LogP contribution is 2.51. The standard InChI is InChI=1S/C68H60N2Si2/c1-71(2,3)57-41-35-53(36-42-57)69(51-27-15-9-16-28-51)55-39-45-63-65(47-55)67(61-33-21-19-31-59(61)49-23-11-7-12-24-49)64-46-40-56(48-66(64)68(63)62-34-22-20-32-60(62)50-25-13-8-14-26-50)70(52-29-17-10-18-30-52)54-37-43-58(44-38-54)72(4,5)6/h7-48H,1-6H3. The Labute approximate surface area is 428 Å². The third kappa shape index (κ3) is 9.00. The Balaban J connectivity index is 1.27. The topological polar surface area (TPSA) is 6.48 Å². The normalized spacial score (nSPS) is 11.8. The average molecular weight is 961 g/mol. The zero-order chi connectivity index (χ0) is 49.4. The second kappa shape index (κ2) is 19.3. The van der Waals surface area contributed by atoms with Crippen molar-refractivity contribution in [3.63, 3.8) is 0 Å². The lowest BCUT2D eigenvalue weighted by Crippen LogP contribution is -2.37. The lowest BCUT2D eigenvalue weighted by molar-refractivity contribution is 1.29. The second-order valence-corrected chi connectivity index (χ2v) is 31.1. The summed E-state index contributed by atoms with van der Waals surface area (Å²) in [6.45, 7) is 14.5. The highest BCUT2D eigenvalue weighted by Gasteiger charge is 2.26. The van der Waals surface area contributed by atoms with Crippen LogP contribution in [0.25, 0.3) is 66.1 Å². The van der Waals surface area contributed by atoms with E-state index in [2.05, 4.69) is 304 Å². The molecule has 350 valence electrons. The quantitative estimate of drug-likeness (QED) is 0.0889. The van der Waals surface area contributed by atoms with Gasteiger partial charge in [0.15, 0.2) is 0 Å². The summed E-state index contributed by atoms with van der Waals surface area (Å²) in [7, 11) is -3.08. The van der Waals surface area contributed by atoms with Crippen LogP contribution < -0.4 is 20.2 Å². The van der Waals surface area contributed by atoms with Gasteiger partial charge in [-0.1, -0.05) is 232 Å². The fraction of sp³-hybridized carbons (Fsp3) is 0.0882. The van der Waals surface area contributed by atoms with E-state index in [4.69, 9.17) is 0 Å². The molecular weight excluding hydrogens is 901 g/mol. The molecule has 72 heavy (non-hydrogen) atoms. The van der Waals surface area contributed by atoms with Crippen LogP contribution in [0.3, 0.4) is 0 Å². The third-order valence-corrected chi connectivity index (χ3v) is 18.3. The molecule has 0 N–H and O–H groups in total. The third-order valence-electron chi connectivity index (χ3n) is 14.2. The smallest absolute Gasteiger partial charge is 0.0775 e. The van der Waals surface area contributed by atoms with Crippen LogP contribution in [-0.4, -0.2) is 16.1 Å². The van der Waals surface area contributed by atoms with E-state index in [9.17, 15) is 0 Å². The number of hydrogen-bond donors (Lipinski definition) is 0. The summed E-state index contributed by atoms with van der Waals surface area (Å²) >= 11 is 0. The average Bonchev–Trinajstić information content (AvgIpc) is 3.41. The molecule has 0 spiro atoms. The molecule has 0 unspecified atom stereocenters. The van der Waals surface area contributed by atoms with Crippen molar-refractivity contribution >= 4 is 82.2 Å². The van der Waals surface area contributed by atoms with Gasteiger partial charge in [0.1, 0.15) is 0 Å². The summed E-state index contributed by atoms with van der Waals surface area (Å²) in [5.74, 6) is 0. The van der Waals surface area contributed by atoms with Crippen molar-refractivity contribution in [1.29, 1.82) is 0 Å². The summed E-state index contributed by atoms with van der Waals surface area (Å²) in [6, 6.07) is 94.5. The van der Waals surface area contributed by atoms with E-state index in [1.165, 1.54) is 76.4 Å². The van der Waals surface area contributed by atoms with E-state index in [0.29, 0.717) is 0 Å². The Morgan fingerprint density at radius 3 is 0.847 bits per heavy atom. The zero-order valence-corrected chi connectivity index (χ0v) is 44.1. The molecule has 11 rings (SSSR count). The van der Waals surface area contributed by atoms with Gasteiger partial charge < -0.3 is 9.80 Å². The fourth-order valence-corrected chi connectivity index (χ4v) is 12.8. The Morgan fingerprint density at radius 1 is 0.236 bits per heavy atom. The molecular formula is C68H60N2Si2. The number of para-hydroxylation sites is 2. The molecule has 0 aliphatic rings. The maximum atomic E-state index is 2.46. The molecule has 0 aromatic heterocycles. The molecule has 0 bridgehead atoms. The van der Waals surface area contributed by atoms with Gasteiger partial charge in [-0.2, -0.15) is 0 Å². The molecule has 0 fully saturated rings. The lowest BCUT2D eigenvalue weighted by atomic mass is 9.82. The lowest BCUT2D eigenvalue weighted by Gasteiger charge is -2.29. The van der Waals surface area contributed by atoms with E-state index < -0.39 is 16.1 Å². The first-order valence-corrected chi connectivity index (χ1v) is 32.3. The molecule has 0 radical (unpaired) electrons. The van der Waals surface area contributed by atoms with Gasteiger partial charge in [-0.15, -0.1) is 0 Å². The van der Waals surface area contributed by atoms with Gasteiger partial charge in [0, 0.05) is 34.1 Å². The molecule has 2 nitrogen and oxygen atoms in total. The number of benzene rings is 11. The van der Waals surface area contributed by atoms with Gasteiger partial charge in [0.2, 0.25) is 0 Å². The largest absolute Gasteiger partial charge is 0.310 e. The number of nitrogens with zero attached hydrogens (tertiary/aromatic N) is 2. The number of anilines is 6. The van der Waals surface area contributed by atoms with Gasteiger partial charge in [0.25, 0.3) is 0 Å². The summed E-state index contributed by atoms with van der Waals surface area (Å²) in [4.78, 5) is 4.85. The van der Waals surface area contributed by atoms with E-state index in [0.717, 1.165) is 34.1 Å². The zero-order valence-electron chi connectivity index (χ0n) is 42.1. The van der Waals surface area contributed by atoms with E-state index in [1.807, 2.05) is 0 Å². The summed E-state index contributed by atoms with van der Waals surface area (Å²) in [5, 5.41) is 7.65. The highest BCUT2D eigenvalue weighted by atomic mass is 28.3. The maximum absolute atomic E-state index is 2.46. The Kier molecular flexibility index (Phi) is 12.4. The van der Waals surface area contributed by atoms with E-state index >= 15 is 0 Å². The number of fused-ring (bicyclic) bond motifs is 2. The van der Waals surface area contributed by atoms with Crippen LogP contribution in [0.4, 0.5) is 34.1 Å². The van der Waals surface area contributed by atoms with Crippen molar-refractivity contribution < 1.29 is 0 Å². The summed E-state index contributed by atoms with van der Waals surface area (Å²) in [5.41, 5.74) is 16.3. The van der Waals surface area contributed by atoms with Gasteiger partial charge in [0.05, 0.1) is 16.1 Å². The van der Waals surface area contributed by atoms with Crippen molar-refractivity contribution in [3.05, 3.63) is 255 Å². The van der Waals surface area contributed by atoms with Crippen LogP contribution in [0.15, 0.2) is 255 Å². The van der Waals surface area contributed by atoms with E-state index in [-0.39, 0.29) is 0 Å². The van der Waals surface area contributed by atoms with Crippen LogP contribution in [0.1, 0.15) is 0 Å². The van der Waals surface area contributed by atoms with Crippen molar-refractivity contribution in [2.45, 2.75) is 39.3 Å². The monoisotopic (exact) mass is 960 g/mol. The van der Waals surface area contributed by atoms with Crippen LogP contribution in [-0.2, 0) is 0 Å². The van der Waals surface area contributed by atoms with Crippen molar-refractivity contribution in [3.8, 4) is 44.5 Å². The number of rotatable bonds is 12. The minimum Gasteiger partial charge on any atom is -0.310 e. The minimum absolute atomic E-state index is 1.10. The first-order valence-electron chi connectivity index (χ1n) is 25.3.